The van der Waals surface area contributed by atoms with Crippen LogP contribution in [0.3, 0.4) is 0 Å². The molecule has 4 N–H and O–H groups in total. The number of nitrogens with one attached hydrogen (secondary N) is 2. The van der Waals surface area contributed by atoms with Crippen LogP contribution in [0.4, 0.5) is 17.6 Å². The van der Waals surface area contributed by atoms with E-state index in [0.29, 0.717) is 5.95 Å². The number of nitrogens with zero attached hydrogens (tertiary/aromatic N) is 2. The molecule has 0 aromatic carbocycles. The molecule has 0 aliphatic carbocycles. The Morgan fingerprint density at radius 3 is 2.22 bits per heavy atom. The lowest BCUT2D eigenvalue weighted by atomic mass is 10.2. The van der Waals surface area contributed by atoms with Crippen LogP contribution >= 0.6 is 0 Å². The summed E-state index contributed by atoms with van der Waals surface area (Å²) in [5, 5.41) is 6.51. The topological polar surface area (TPSA) is 75.9 Å². The lowest BCUT2D eigenvalue weighted by Crippen LogP contribution is -2.09. The van der Waals surface area contributed by atoms with Crippen LogP contribution in [0.1, 0.15) is 46.0 Å². The van der Waals surface area contributed by atoms with E-state index in [1.807, 2.05) is 6.07 Å². The van der Waals surface area contributed by atoms with Gasteiger partial charge in [-0.05, 0) is 12.8 Å². The van der Waals surface area contributed by atoms with Gasteiger partial charge in [-0.15, -0.1) is 0 Å². The predicted molar refractivity (Wildman–Crippen MR) is 77.9 cm³/mol. The van der Waals surface area contributed by atoms with Crippen LogP contribution < -0.4 is 16.4 Å². The molecular weight excluding hydrogens is 226 g/mol. The highest BCUT2D eigenvalue weighted by atomic mass is 15.1. The van der Waals surface area contributed by atoms with Gasteiger partial charge in [0.05, 0.1) is 0 Å². The minimum absolute atomic E-state index is 0.312. The van der Waals surface area contributed by atoms with Crippen molar-refractivity contribution < 1.29 is 0 Å². The van der Waals surface area contributed by atoms with Crippen molar-refractivity contribution in [3.8, 4) is 0 Å². The first-order chi connectivity index (χ1) is 8.76. The first-order valence-electron chi connectivity index (χ1n) is 6.88. The summed E-state index contributed by atoms with van der Waals surface area (Å²) in [6.07, 6.45) is 6.02. The molecule has 0 bridgehead atoms. The third-order valence-electron chi connectivity index (χ3n) is 2.64. The predicted octanol–water partition coefficient (Wildman–Crippen LogP) is 2.87. The lowest BCUT2D eigenvalue weighted by molar-refractivity contribution is 0.684. The minimum Gasteiger partial charge on any atom is -0.370 e. The Kier molecular flexibility index (Phi) is 6.91. The Morgan fingerprint density at radius 2 is 1.61 bits per heavy atom. The lowest BCUT2D eigenvalue weighted by Gasteiger charge is -2.09. The quantitative estimate of drug-likeness (QED) is 0.588. The summed E-state index contributed by atoms with van der Waals surface area (Å²) in [5.74, 6) is 1.91. The third-order valence-corrected chi connectivity index (χ3v) is 2.64. The molecule has 5 heteroatoms. The van der Waals surface area contributed by atoms with E-state index in [2.05, 4.69) is 34.4 Å². The molecule has 0 spiro atoms. The van der Waals surface area contributed by atoms with Crippen LogP contribution in [0.15, 0.2) is 6.07 Å². The van der Waals surface area contributed by atoms with Gasteiger partial charge in [-0.3, -0.25) is 0 Å². The summed E-state index contributed by atoms with van der Waals surface area (Å²) in [5.41, 5.74) is 5.68. The fourth-order valence-corrected chi connectivity index (χ4v) is 1.67. The van der Waals surface area contributed by atoms with E-state index in [1.165, 1.54) is 19.3 Å². The van der Waals surface area contributed by atoms with Crippen molar-refractivity contribution >= 4 is 17.6 Å². The van der Waals surface area contributed by atoms with Gasteiger partial charge in [0.25, 0.3) is 0 Å². The number of nitrogens with two attached hydrogens (primary N) is 1. The normalized spacial score (nSPS) is 10.3. The highest BCUT2D eigenvalue weighted by Gasteiger charge is 2.01. The van der Waals surface area contributed by atoms with E-state index in [9.17, 15) is 0 Å². The average molecular weight is 251 g/mol. The number of nitrogen functional groups attached to an aromatic ring is 1. The van der Waals surface area contributed by atoms with Crippen molar-refractivity contribution in [3.63, 3.8) is 0 Å². The zero-order chi connectivity index (χ0) is 13.2. The van der Waals surface area contributed by atoms with Gasteiger partial charge in [-0.1, -0.05) is 33.1 Å². The molecule has 1 rings (SSSR count). The minimum atomic E-state index is 0.312. The van der Waals surface area contributed by atoms with Crippen molar-refractivity contribution in [2.24, 2.45) is 0 Å². The summed E-state index contributed by atoms with van der Waals surface area (Å²) in [7, 11) is 0. The molecule has 0 unspecified atom stereocenters. The summed E-state index contributed by atoms with van der Waals surface area (Å²) < 4.78 is 0. The maximum absolute atomic E-state index is 5.68. The number of rotatable bonds is 9. The van der Waals surface area contributed by atoms with E-state index < -0.39 is 0 Å². The van der Waals surface area contributed by atoms with Gasteiger partial charge in [0.2, 0.25) is 5.95 Å². The van der Waals surface area contributed by atoms with Crippen molar-refractivity contribution in [1.29, 1.82) is 0 Å². The van der Waals surface area contributed by atoms with E-state index in [-0.39, 0.29) is 0 Å². The van der Waals surface area contributed by atoms with E-state index in [0.717, 1.165) is 37.6 Å². The van der Waals surface area contributed by atoms with Crippen LogP contribution in [0.25, 0.3) is 0 Å². The SMILES string of the molecule is CCCCCCNc1cc(NCCC)nc(N)n1. The number of aromatic nitrogens is 2. The summed E-state index contributed by atoms with van der Waals surface area (Å²) >= 11 is 0. The monoisotopic (exact) mass is 251 g/mol. The second-order valence-corrected chi connectivity index (χ2v) is 4.41. The molecule has 1 heterocycles. The number of unbranched alkanes of at least 4 members (excludes halogenated alkanes) is 3. The highest BCUT2D eigenvalue weighted by Crippen LogP contribution is 2.12. The van der Waals surface area contributed by atoms with Crippen LogP contribution in [0, 0.1) is 0 Å². The molecule has 1 aromatic rings. The summed E-state index contributed by atoms with van der Waals surface area (Å²) in [4.78, 5) is 8.32. The molecule has 0 fully saturated rings. The number of hydrogen-bond acceptors (Lipinski definition) is 5. The molecule has 0 saturated carbocycles. The van der Waals surface area contributed by atoms with Crippen molar-refractivity contribution in [2.45, 2.75) is 46.0 Å². The van der Waals surface area contributed by atoms with Crippen molar-refractivity contribution in [3.05, 3.63) is 6.07 Å². The van der Waals surface area contributed by atoms with Gasteiger partial charge >= 0.3 is 0 Å². The van der Waals surface area contributed by atoms with Crippen molar-refractivity contribution in [1.82, 2.24) is 9.97 Å². The number of anilines is 3. The average Bonchev–Trinajstić information content (AvgIpc) is 2.35. The Labute approximate surface area is 110 Å². The fourth-order valence-electron chi connectivity index (χ4n) is 1.67. The molecule has 5 nitrogen and oxygen atoms in total. The highest BCUT2D eigenvalue weighted by molar-refractivity contribution is 5.50. The van der Waals surface area contributed by atoms with E-state index in [1.54, 1.807) is 0 Å². The zero-order valence-corrected chi connectivity index (χ0v) is 11.5. The molecule has 0 amide bonds. The summed E-state index contributed by atoms with van der Waals surface area (Å²) in [6.45, 7) is 6.16. The van der Waals surface area contributed by atoms with Crippen LogP contribution in [-0.4, -0.2) is 23.1 Å². The molecule has 102 valence electrons. The molecule has 18 heavy (non-hydrogen) atoms. The zero-order valence-electron chi connectivity index (χ0n) is 11.5. The van der Waals surface area contributed by atoms with Crippen LogP contribution in [-0.2, 0) is 0 Å². The van der Waals surface area contributed by atoms with Gasteiger partial charge in [0, 0.05) is 19.2 Å². The first-order valence-corrected chi connectivity index (χ1v) is 6.88. The van der Waals surface area contributed by atoms with Gasteiger partial charge in [0.1, 0.15) is 11.6 Å². The van der Waals surface area contributed by atoms with Gasteiger partial charge < -0.3 is 16.4 Å². The summed E-state index contributed by atoms with van der Waals surface area (Å²) in [6, 6.07) is 1.91. The molecule has 0 aliphatic rings. The number of hydrogen-bond donors (Lipinski definition) is 3. The first kappa shape index (κ1) is 14.5. The smallest absolute Gasteiger partial charge is 0.223 e. The Bertz CT molecular complexity index is 340. The molecular formula is C13H25N5. The van der Waals surface area contributed by atoms with Crippen LogP contribution in [0.5, 0.6) is 0 Å². The Hall–Kier alpha value is -1.52. The third kappa shape index (κ3) is 5.70. The van der Waals surface area contributed by atoms with E-state index >= 15 is 0 Å². The van der Waals surface area contributed by atoms with Crippen molar-refractivity contribution in [2.75, 3.05) is 29.5 Å². The largest absolute Gasteiger partial charge is 0.370 e. The van der Waals surface area contributed by atoms with Gasteiger partial charge in [0.15, 0.2) is 0 Å². The van der Waals surface area contributed by atoms with Gasteiger partial charge in [-0.2, -0.15) is 9.97 Å². The Balaban J connectivity index is 2.41. The van der Waals surface area contributed by atoms with Gasteiger partial charge in [-0.25, -0.2) is 0 Å². The Morgan fingerprint density at radius 1 is 0.944 bits per heavy atom. The molecule has 0 radical (unpaired) electrons. The standard InChI is InChI=1S/C13H25N5/c1-3-5-6-7-9-16-12-10-11(15-8-4-2)17-13(14)18-12/h10H,3-9H2,1-2H3,(H4,14,15,16,17,18). The second-order valence-electron chi connectivity index (χ2n) is 4.41. The maximum Gasteiger partial charge on any atom is 0.223 e. The van der Waals surface area contributed by atoms with Crippen LogP contribution in [0.2, 0.25) is 0 Å². The second kappa shape index (κ2) is 8.55. The molecule has 1 aromatic heterocycles. The molecule has 0 aliphatic heterocycles. The molecule has 0 saturated heterocycles. The molecule has 0 atom stereocenters. The van der Waals surface area contributed by atoms with E-state index in [4.69, 9.17) is 5.73 Å². The maximum atomic E-state index is 5.68. The fraction of sp³-hybridized carbons (Fsp3) is 0.692.